The molecule has 12 heavy (non-hydrogen) atoms. The summed E-state index contributed by atoms with van der Waals surface area (Å²) in [7, 11) is 0. The van der Waals surface area contributed by atoms with Crippen LogP contribution in [0.2, 0.25) is 0 Å². The summed E-state index contributed by atoms with van der Waals surface area (Å²) >= 11 is 0. The molecule has 1 rings (SSSR count). The lowest BCUT2D eigenvalue weighted by Crippen LogP contribution is -2.25. The summed E-state index contributed by atoms with van der Waals surface area (Å²) in [6, 6.07) is 0. The van der Waals surface area contributed by atoms with E-state index in [0.29, 0.717) is 6.10 Å². The fraction of sp³-hybridized carbons (Fsp3) is 0.818. The molecule has 1 heterocycles. The topological polar surface area (TPSA) is 9.23 Å². The molecular weight excluding hydrogens is 148 g/mol. The van der Waals surface area contributed by atoms with E-state index in [1.807, 2.05) is 0 Å². The predicted octanol–water partition coefficient (Wildman–Crippen LogP) is 2.61. The molecule has 0 bridgehead atoms. The maximum atomic E-state index is 5.62. The van der Waals surface area contributed by atoms with Gasteiger partial charge in [-0.05, 0) is 39.5 Å². The molecular formula is C11H18O. The SMILES string of the molecule is C#CC(C)(C)CC1CCCCO1. The van der Waals surface area contributed by atoms with E-state index in [2.05, 4.69) is 19.8 Å². The van der Waals surface area contributed by atoms with Crippen molar-refractivity contribution >= 4 is 0 Å². The van der Waals surface area contributed by atoms with Crippen LogP contribution in [0.5, 0.6) is 0 Å². The Morgan fingerprint density at radius 3 is 2.75 bits per heavy atom. The van der Waals surface area contributed by atoms with Crippen molar-refractivity contribution in [3.8, 4) is 12.3 Å². The van der Waals surface area contributed by atoms with Gasteiger partial charge in [-0.3, -0.25) is 0 Å². The summed E-state index contributed by atoms with van der Waals surface area (Å²) in [5, 5.41) is 0. The van der Waals surface area contributed by atoms with Crippen LogP contribution in [0.3, 0.4) is 0 Å². The van der Waals surface area contributed by atoms with Gasteiger partial charge in [0.15, 0.2) is 0 Å². The van der Waals surface area contributed by atoms with Crippen molar-refractivity contribution in [2.75, 3.05) is 6.61 Å². The summed E-state index contributed by atoms with van der Waals surface area (Å²) in [6.07, 6.45) is 10.5. The average molecular weight is 166 g/mol. The van der Waals surface area contributed by atoms with Gasteiger partial charge in [0.1, 0.15) is 0 Å². The first kappa shape index (κ1) is 9.61. The van der Waals surface area contributed by atoms with Gasteiger partial charge in [0.05, 0.1) is 6.10 Å². The highest BCUT2D eigenvalue weighted by atomic mass is 16.5. The Morgan fingerprint density at radius 2 is 2.25 bits per heavy atom. The van der Waals surface area contributed by atoms with Gasteiger partial charge in [-0.25, -0.2) is 0 Å². The Kier molecular flexibility index (Phi) is 3.17. The molecule has 0 saturated carbocycles. The maximum Gasteiger partial charge on any atom is 0.0589 e. The van der Waals surface area contributed by atoms with Crippen LogP contribution in [0.1, 0.15) is 39.5 Å². The second-order valence-corrected chi connectivity index (χ2v) is 4.22. The summed E-state index contributed by atoms with van der Waals surface area (Å²) in [6.45, 7) is 5.13. The van der Waals surface area contributed by atoms with E-state index < -0.39 is 0 Å². The van der Waals surface area contributed by atoms with Crippen molar-refractivity contribution < 1.29 is 4.74 Å². The van der Waals surface area contributed by atoms with Crippen molar-refractivity contribution in [2.45, 2.75) is 45.6 Å². The van der Waals surface area contributed by atoms with Crippen LogP contribution in [0.4, 0.5) is 0 Å². The average Bonchev–Trinajstić information content (AvgIpc) is 2.06. The highest BCUT2D eigenvalue weighted by Gasteiger charge is 2.23. The van der Waals surface area contributed by atoms with Gasteiger partial charge in [-0.2, -0.15) is 0 Å². The second-order valence-electron chi connectivity index (χ2n) is 4.22. The molecule has 0 amide bonds. The molecule has 0 aromatic heterocycles. The molecule has 68 valence electrons. The van der Waals surface area contributed by atoms with E-state index in [1.54, 1.807) is 0 Å². The monoisotopic (exact) mass is 166 g/mol. The van der Waals surface area contributed by atoms with Gasteiger partial charge >= 0.3 is 0 Å². The molecule has 0 radical (unpaired) electrons. The predicted molar refractivity (Wildman–Crippen MR) is 50.8 cm³/mol. The lowest BCUT2D eigenvalue weighted by atomic mass is 9.86. The Bertz CT molecular complexity index is 170. The largest absolute Gasteiger partial charge is 0.378 e. The van der Waals surface area contributed by atoms with Gasteiger partial charge in [0.25, 0.3) is 0 Å². The minimum atomic E-state index is 0.00199. The Morgan fingerprint density at radius 1 is 1.50 bits per heavy atom. The molecule has 1 fully saturated rings. The van der Waals surface area contributed by atoms with Gasteiger partial charge in [-0.1, -0.05) is 0 Å². The first-order chi connectivity index (χ1) is 5.64. The number of hydrogen-bond donors (Lipinski definition) is 0. The van der Waals surface area contributed by atoms with Gasteiger partial charge in [0, 0.05) is 12.0 Å². The zero-order chi connectivity index (χ0) is 9.03. The third-order valence-corrected chi connectivity index (χ3v) is 2.40. The minimum absolute atomic E-state index is 0.00199. The van der Waals surface area contributed by atoms with Crippen molar-refractivity contribution in [1.29, 1.82) is 0 Å². The van der Waals surface area contributed by atoms with Crippen LogP contribution in [0, 0.1) is 17.8 Å². The Balaban J connectivity index is 2.35. The van der Waals surface area contributed by atoms with Gasteiger partial charge in [0.2, 0.25) is 0 Å². The molecule has 1 unspecified atom stereocenters. The summed E-state index contributed by atoms with van der Waals surface area (Å²) in [5.41, 5.74) is 0.00199. The molecule has 1 aliphatic rings. The molecule has 1 nitrogen and oxygen atoms in total. The van der Waals surface area contributed by atoms with Crippen molar-refractivity contribution in [3.05, 3.63) is 0 Å². The minimum Gasteiger partial charge on any atom is -0.378 e. The lowest BCUT2D eigenvalue weighted by molar-refractivity contribution is -0.00223. The summed E-state index contributed by atoms with van der Waals surface area (Å²) < 4.78 is 5.62. The molecule has 1 aliphatic heterocycles. The van der Waals surface area contributed by atoms with Crippen molar-refractivity contribution in [1.82, 2.24) is 0 Å². The summed E-state index contributed by atoms with van der Waals surface area (Å²) in [4.78, 5) is 0. The number of hydrogen-bond acceptors (Lipinski definition) is 1. The van der Waals surface area contributed by atoms with E-state index in [-0.39, 0.29) is 5.41 Å². The molecule has 1 atom stereocenters. The normalized spacial score (nSPS) is 24.9. The van der Waals surface area contributed by atoms with E-state index in [4.69, 9.17) is 11.2 Å². The fourth-order valence-electron chi connectivity index (χ4n) is 1.60. The third-order valence-electron chi connectivity index (χ3n) is 2.40. The smallest absolute Gasteiger partial charge is 0.0589 e. The van der Waals surface area contributed by atoms with E-state index in [0.717, 1.165) is 13.0 Å². The molecule has 1 heteroatoms. The maximum absolute atomic E-state index is 5.62. The first-order valence-corrected chi connectivity index (χ1v) is 4.73. The molecule has 0 spiro atoms. The second kappa shape index (κ2) is 3.96. The highest BCUT2D eigenvalue weighted by Crippen LogP contribution is 2.27. The number of terminal acetylenes is 1. The third kappa shape index (κ3) is 2.87. The van der Waals surface area contributed by atoms with Crippen LogP contribution in [0.25, 0.3) is 0 Å². The number of rotatable bonds is 2. The van der Waals surface area contributed by atoms with E-state index >= 15 is 0 Å². The first-order valence-electron chi connectivity index (χ1n) is 4.73. The van der Waals surface area contributed by atoms with Gasteiger partial charge in [-0.15, -0.1) is 12.3 Å². The quantitative estimate of drug-likeness (QED) is 0.573. The fourth-order valence-corrected chi connectivity index (χ4v) is 1.60. The molecule has 1 saturated heterocycles. The summed E-state index contributed by atoms with van der Waals surface area (Å²) in [5.74, 6) is 2.81. The van der Waals surface area contributed by atoms with Crippen LogP contribution in [-0.2, 0) is 4.74 Å². The zero-order valence-electron chi connectivity index (χ0n) is 8.10. The van der Waals surface area contributed by atoms with Gasteiger partial charge < -0.3 is 4.74 Å². The van der Waals surface area contributed by atoms with Crippen LogP contribution >= 0.6 is 0 Å². The van der Waals surface area contributed by atoms with Crippen molar-refractivity contribution in [2.24, 2.45) is 5.41 Å². The van der Waals surface area contributed by atoms with Crippen LogP contribution in [-0.4, -0.2) is 12.7 Å². The van der Waals surface area contributed by atoms with Crippen LogP contribution < -0.4 is 0 Å². The molecule has 0 aromatic rings. The Hall–Kier alpha value is -0.480. The van der Waals surface area contributed by atoms with E-state index in [1.165, 1.54) is 19.3 Å². The Labute approximate surface area is 75.5 Å². The standard InChI is InChI=1S/C11H18O/c1-4-11(2,3)9-10-7-5-6-8-12-10/h1,10H,5-9H2,2-3H3. The molecule has 0 aromatic carbocycles. The zero-order valence-corrected chi connectivity index (χ0v) is 8.10. The lowest BCUT2D eigenvalue weighted by Gasteiger charge is -2.28. The van der Waals surface area contributed by atoms with E-state index in [9.17, 15) is 0 Å². The number of ether oxygens (including phenoxy) is 1. The molecule has 0 N–H and O–H groups in total. The highest BCUT2D eigenvalue weighted by molar-refractivity contribution is 5.01. The molecule has 0 aliphatic carbocycles. The van der Waals surface area contributed by atoms with Crippen molar-refractivity contribution in [3.63, 3.8) is 0 Å². The van der Waals surface area contributed by atoms with Crippen LogP contribution in [0.15, 0.2) is 0 Å².